The van der Waals surface area contributed by atoms with Crippen LogP contribution in [-0.4, -0.2) is 19.5 Å². The molecule has 0 aliphatic heterocycles. The van der Waals surface area contributed by atoms with Crippen LogP contribution in [0.5, 0.6) is 0 Å². The molecule has 2 heterocycles. The second kappa shape index (κ2) is 13.8. The summed E-state index contributed by atoms with van der Waals surface area (Å²) in [5, 5.41) is 0.505. The highest BCUT2D eigenvalue weighted by Gasteiger charge is 2.19. The zero-order valence-corrected chi connectivity index (χ0v) is 29.2. The highest BCUT2D eigenvalue weighted by atomic mass is 15.0. The third kappa shape index (κ3) is 5.96. The number of nitrogens with zero attached hydrogens (tertiary/aromatic N) is 4. The van der Waals surface area contributed by atoms with Crippen molar-refractivity contribution in [1.29, 1.82) is 0 Å². The standard InChI is InChI=1S/C51H34N4/c1-4-15-35(16-5-1)36-27-31-40(32-28-36)50-52-49(39-19-8-3-9-20-39)53-51(54-50)41-33-29-38(30-34-41)42-21-10-12-24-45(42)55-46-25-13-11-22-44(46)48-43(23-14-26-47(48)55)37-17-6-2-7-18-37/h1-34H/i2D,6D,7D,11D,13D,17D,18D,22D,25D. The molecule has 0 unspecified atom stereocenters. The molecule has 0 radical (unpaired) electrons. The molecule has 55 heavy (non-hydrogen) atoms. The molecule has 2 aromatic heterocycles. The van der Waals surface area contributed by atoms with Crippen molar-refractivity contribution in [1.82, 2.24) is 19.5 Å². The van der Waals surface area contributed by atoms with Gasteiger partial charge in [0.05, 0.1) is 29.1 Å². The lowest BCUT2D eigenvalue weighted by Gasteiger charge is -2.15. The van der Waals surface area contributed by atoms with Crippen LogP contribution in [0.3, 0.4) is 0 Å². The lowest BCUT2D eigenvalue weighted by Crippen LogP contribution is -2.00. The second-order valence-electron chi connectivity index (χ2n) is 13.0. The topological polar surface area (TPSA) is 43.6 Å². The van der Waals surface area contributed by atoms with Crippen molar-refractivity contribution in [2.75, 3.05) is 0 Å². The number of hydrogen-bond acceptors (Lipinski definition) is 3. The first-order chi connectivity index (χ1) is 31.0. The number of benzene rings is 8. The Morgan fingerprint density at radius 3 is 1.51 bits per heavy atom. The van der Waals surface area contributed by atoms with Crippen molar-refractivity contribution >= 4 is 21.8 Å². The van der Waals surface area contributed by atoms with Crippen molar-refractivity contribution in [3.63, 3.8) is 0 Å². The van der Waals surface area contributed by atoms with E-state index >= 15 is 0 Å². The summed E-state index contributed by atoms with van der Waals surface area (Å²) < 4.78 is 80.2. The van der Waals surface area contributed by atoms with Crippen LogP contribution in [0.4, 0.5) is 0 Å². The maximum atomic E-state index is 9.22. The van der Waals surface area contributed by atoms with E-state index in [2.05, 4.69) is 24.3 Å². The third-order valence-electron chi connectivity index (χ3n) is 9.71. The molecule has 4 nitrogen and oxygen atoms in total. The van der Waals surface area contributed by atoms with Crippen LogP contribution in [0.1, 0.15) is 12.3 Å². The first kappa shape index (κ1) is 24.0. The first-order valence-electron chi connectivity index (χ1n) is 22.3. The average Bonchev–Trinajstić information content (AvgIpc) is 3.70. The molecule has 8 aromatic carbocycles. The van der Waals surface area contributed by atoms with Crippen LogP contribution < -0.4 is 0 Å². The Bertz CT molecular complexity index is 3440. The Morgan fingerprint density at radius 2 is 0.836 bits per heavy atom. The Labute approximate surface area is 332 Å². The predicted molar refractivity (Wildman–Crippen MR) is 227 cm³/mol. The largest absolute Gasteiger partial charge is 0.309 e. The van der Waals surface area contributed by atoms with Crippen molar-refractivity contribution in [3.8, 4) is 73.2 Å². The number of aromatic nitrogens is 4. The van der Waals surface area contributed by atoms with Gasteiger partial charge in [0.15, 0.2) is 17.5 Å². The van der Waals surface area contributed by atoms with E-state index in [0.717, 1.165) is 38.9 Å². The monoisotopic (exact) mass is 711 g/mol. The Kier molecular flexibility index (Phi) is 6.04. The molecule has 0 saturated heterocycles. The molecular weight excluding hydrogens is 669 g/mol. The SMILES string of the molecule is [2H]c1c([2H])c([2H])c(-c2cccc3c2c2c([2H])c([2H])c([2H])c([2H])c2n3-c2ccccc2-c2ccc(-c3nc(-c4ccccc4)nc(-c4ccc(-c5ccccc5)cc4)n3)cc2)c([2H])c1[2H]. The van der Waals surface area contributed by atoms with Gasteiger partial charge in [-0.3, -0.25) is 0 Å². The highest BCUT2D eigenvalue weighted by Crippen LogP contribution is 2.40. The minimum absolute atomic E-state index is 0.0620. The Morgan fingerprint density at radius 1 is 0.345 bits per heavy atom. The summed E-state index contributed by atoms with van der Waals surface area (Å²) in [4.78, 5) is 14.8. The van der Waals surface area contributed by atoms with Crippen LogP contribution in [-0.2, 0) is 0 Å². The van der Waals surface area contributed by atoms with Crippen LogP contribution in [0.2, 0.25) is 0 Å². The van der Waals surface area contributed by atoms with Crippen LogP contribution in [0, 0.1) is 0 Å². The van der Waals surface area contributed by atoms with E-state index in [9.17, 15) is 1.37 Å². The van der Waals surface area contributed by atoms with Crippen LogP contribution in [0.15, 0.2) is 206 Å². The molecule has 0 saturated carbocycles. The molecule has 0 N–H and O–H groups in total. The summed E-state index contributed by atoms with van der Waals surface area (Å²) in [7, 11) is 0. The summed E-state index contributed by atoms with van der Waals surface area (Å²) in [6.07, 6.45) is 0. The van der Waals surface area contributed by atoms with Crippen LogP contribution >= 0.6 is 0 Å². The van der Waals surface area contributed by atoms with Crippen molar-refractivity contribution in [2.45, 2.75) is 0 Å². The molecule has 0 fully saturated rings. The fourth-order valence-electron chi connectivity index (χ4n) is 7.11. The number of para-hydroxylation sites is 2. The molecule has 0 spiro atoms. The minimum Gasteiger partial charge on any atom is -0.309 e. The maximum Gasteiger partial charge on any atom is 0.164 e. The summed E-state index contributed by atoms with van der Waals surface area (Å²) >= 11 is 0. The second-order valence-corrected chi connectivity index (χ2v) is 13.0. The zero-order valence-electron chi connectivity index (χ0n) is 38.2. The van der Waals surface area contributed by atoms with Gasteiger partial charge < -0.3 is 4.57 Å². The number of hydrogen-bond donors (Lipinski definition) is 0. The third-order valence-corrected chi connectivity index (χ3v) is 9.71. The molecule has 0 atom stereocenters. The van der Waals surface area contributed by atoms with E-state index in [1.165, 1.54) is 0 Å². The molecular formula is C51H34N4. The minimum atomic E-state index is -0.531. The number of rotatable bonds is 7. The molecule has 258 valence electrons. The smallest absolute Gasteiger partial charge is 0.164 e. The van der Waals surface area contributed by atoms with Crippen molar-refractivity contribution in [2.24, 2.45) is 0 Å². The first-order valence-corrected chi connectivity index (χ1v) is 17.8. The van der Waals surface area contributed by atoms with E-state index < -0.39 is 42.3 Å². The van der Waals surface area contributed by atoms with Crippen LogP contribution in [0.25, 0.3) is 95.0 Å². The summed E-state index contributed by atoms with van der Waals surface area (Å²) in [6, 6.07) is 44.6. The summed E-state index contributed by atoms with van der Waals surface area (Å²) in [6.45, 7) is 0. The fourth-order valence-corrected chi connectivity index (χ4v) is 7.11. The van der Waals surface area contributed by atoms with Gasteiger partial charge in [0, 0.05) is 33.0 Å². The van der Waals surface area contributed by atoms with Gasteiger partial charge in [0.25, 0.3) is 0 Å². The lowest BCUT2D eigenvalue weighted by atomic mass is 9.99. The fraction of sp³-hybridized carbons (Fsp3) is 0. The van der Waals surface area contributed by atoms with E-state index in [-0.39, 0.29) is 34.1 Å². The summed E-state index contributed by atoms with van der Waals surface area (Å²) in [5.41, 5.74) is 7.61. The van der Waals surface area contributed by atoms with E-state index in [0.29, 0.717) is 34.1 Å². The number of fused-ring (bicyclic) bond motifs is 3. The molecule has 10 rings (SSSR count). The molecule has 0 aliphatic rings. The van der Waals surface area contributed by atoms with E-state index in [4.69, 9.17) is 25.9 Å². The lowest BCUT2D eigenvalue weighted by molar-refractivity contribution is 1.07. The van der Waals surface area contributed by atoms with Crippen molar-refractivity contribution in [3.05, 3.63) is 206 Å². The van der Waals surface area contributed by atoms with Gasteiger partial charge in [-0.25, -0.2) is 15.0 Å². The highest BCUT2D eigenvalue weighted by molar-refractivity contribution is 6.16. The van der Waals surface area contributed by atoms with Gasteiger partial charge in [-0.2, -0.15) is 0 Å². The summed E-state index contributed by atoms with van der Waals surface area (Å²) in [5.74, 6) is 1.53. The normalized spacial score (nSPS) is 13.6. The van der Waals surface area contributed by atoms with Gasteiger partial charge in [0.1, 0.15) is 0 Å². The Balaban J connectivity index is 1.13. The molecule has 0 bridgehead atoms. The van der Waals surface area contributed by atoms with Gasteiger partial charge in [0.2, 0.25) is 0 Å². The Hall–Kier alpha value is -7.43. The zero-order chi connectivity index (χ0) is 44.4. The van der Waals surface area contributed by atoms with Gasteiger partial charge in [-0.1, -0.05) is 188 Å². The molecule has 0 amide bonds. The molecule has 4 heteroatoms. The maximum absolute atomic E-state index is 9.22. The van der Waals surface area contributed by atoms with Gasteiger partial charge >= 0.3 is 0 Å². The van der Waals surface area contributed by atoms with Gasteiger partial charge in [-0.15, -0.1) is 0 Å². The van der Waals surface area contributed by atoms with Gasteiger partial charge in [-0.05, 0) is 46.0 Å². The van der Waals surface area contributed by atoms with E-state index in [1.807, 2.05) is 109 Å². The van der Waals surface area contributed by atoms with Crippen molar-refractivity contribution < 1.29 is 12.3 Å². The predicted octanol–water partition coefficient (Wildman–Crippen LogP) is 13.0. The quantitative estimate of drug-likeness (QED) is 0.165. The van der Waals surface area contributed by atoms with E-state index in [1.54, 1.807) is 22.8 Å². The molecule has 10 aromatic rings. The average molecular weight is 712 g/mol. The molecule has 0 aliphatic carbocycles.